The fourth-order valence-electron chi connectivity index (χ4n) is 1.99. The normalized spacial score (nSPS) is 20.0. The molecule has 0 aromatic heterocycles. The monoisotopic (exact) mass is 439 g/mol. The van der Waals surface area contributed by atoms with E-state index in [1.165, 1.54) is 0 Å². The number of carbonyl (C=O) groups excluding carboxylic acids is 1. The Balaban J connectivity index is 2.45. The molecule has 0 aliphatic carbocycles. The highest BCUT2D eigenvalue weighted by Crippen LogP contribution is 2.33. The van der Waals surface area contributed by atoms with E-state index >= 15 is 0 Å². The summed E-state index contributed by atoms with van der Waals surface area (Å²) in [6, 6.07) is 5.64. The minimum atomic E-state index is 0.0392. The third-order valence-electron chi connectivity index (χ3n) is 2.87. The summed E-state index contributed by atoms with van der Waals surface area (Å²) in [6.45, 7) is 2.67. The molecule has 1 aromatic carbocycles. The van der Waals surface area contributed by atoms with Gasteiger partial charge in [0, 0.05) is 27.3 Å². The highest BCUT2D eigenvalue weighted by Gasteiger charge is 2.28. The molecule has 18 heavy (non-hydrogen) atoms. The Kier molecular flexibility index (Phi) is 4.72. The first kappa shape index (κ1) is 14.3. The van der Waals surface area contributed by atoms with Gasteiger partial charge in [0.25, 0.3) is 0 Å². The van der Waals surface area contributed by atoms with E-state index in [1.54, 1.807) is 0 Å². The van der Waals surface area contributed by atoms with Crippen LogP contribution >= 0.6 is 50.1 Å². The van der Waals surface area contributed by atoms with Crippen LogP contribution in [-0.4, -0.2) is 21.3 Å². The zero-order valence-electron chi connectivity index (χ0n) is 9.79. The first-order valence-electron chi connectivity index (χ1n) is 5.65. The van der Waals surface area contributed by atoms with Crippen molar-refractivity contribution >= 4 is 61.7 Å². The van der Waals surface area contributed by atoms with Crippen molar-refractivity contribution in [3.8, 4) is 0 Å². The molecule has 0 spiro atoms. The van der Waals surface area contributed by atoms with Crippen LogP contribution in [0.2, 0.25) is 5.02 Å². The number of alkyl halides is 1. The lowest BCUT2D eigenvalue weighted by atomic mass is 10.0. The van der Waals surface area contributed by atoms with Crippen molar-refractivity contribution in [2.75, 3.05) is 6.54 Å². The van der Waals surface area contributed by atoms with Crippen molar-refractivity contribution in [2.45, 2.75) is 17.3 Å². The topological polar surface area (TPSA) is 20.3 Å². The Bertz CT molecular complexity index is 518. The van der Waals surface area contributed by atoms with Gasteiger partial charge in [-0.3, -0.25) is 4.79 Å². The van der Waals surface area contributed by atoms with Crippen LogP contribution in [0.15, 0.2) is 28.7 Å². The van der Waals surface area contributed by atoms with Crippen molar-refractivity contribution in [3.63, 3.8) is 0 Å². The van der Waals surface area contributed by atoms with Crippen LogP contribution in [0.25, 0.3) is 5.70 Å². The first-order chi connectivity index (χ1) is 8.54. The maximum Gasteiger partial charge on any atom is 0.240 e. The molecular formula is C13H12BrClINO. The molecular weight excluding hydrogens is 428 g/mol. The Morgan fingerprint density at radius 2 is 2.28 bits per heavy atom. The summed E-state index contributed by atoms with van der Waals surface area (Å²) in [7, 11) is 0. The smallest absolute Gasteiger partial charge is 0.240 e. The SMILES string of the molecule is CCN1C(=O)C(I)CC=C1c1ccc(Cl)cc1Br. The Hall–Kier alpha value is -0.0700. The van der Waals surface area contributed by atoms with Crippen molar-refractivity contribution in [3.05, 3.63) is 39.3 Å². The largest absolute Gasteiger partial charge is 0.311 e. The lowest BCUT2D eigenvalue weighted by Gasteiger charge is -2.31. The summed E-state index contributed by atoms with van der Waals surface area (Å²) in [5, 5.41) is 0.683. The molecule has 96 valence electrons. The number of carbonyl (C=O) groups is 1. The van der Waals surface area contributed by atoms with Gasteiger partial charge in [-0.15, -0.1) is 0 Å². The van der Waals surface area contributed by atoms with E-state index in [0.717, 1.165) is 22.2 Å². The molecule has 1 aliphatic heterocycles. The molecule has 2 nitrogen and oxygen atoms in total. The second kappa shape index (κ2) is 5.92. The van der Waals surface area contributed by atoms with Gasteiger partial charge in [0.05, 0.1) is 3.92 Å². The Labute approximate surface area is 134 Å². The molecule has 0 fully saturated rings. The Morgan fingerprint density at radius 1 is 1.56 bits per heavy atom. The van der Waals surface area contributed by atoms with E-state index in [1.807, 2.05) is 30.0 Å². The first-order valence-corrected chi connectivity index (χ1v) is 8.07. The molecule has 0 saturated heterocycles. The van der Waals surface area contributed by atoms with Crippen molar-refractivity contribution in [1.29, 1.82) is 0 Å². The van der Waals surface area contributed by atoms with Crippen LogP contribution in [0.4, 0.5) is 0 Å². The molecule has 1 amide bonds. The molecule has 1 aromatic rings. The van der Waals surface area contributed by atoms with E-state index in [4.69, 9.17) is 11.6 Å². The maximum absolute atomic E-state index is 12.2. The summed E-state index contributed by atoms with van der Waals surface area (Å²) in [4.78, 5) is 14.0. The summed E-state index contributed by atoms with van der Waals surface area (Å²) in [5.41, 5.74) is 1.98. The number of allylic oxidation sites excluding steroid dienone is 1. The van der Waals surface area contributed by atoms with Crippen LogP contribution in [-0.2, 0) is 4.79 Å². The molecule has 0 saturated carbocycles. The van der Waals surface area contributed by atoms with Gasteiger partial charge in [-0.05, 0) is 25.5 Å². The average molecular weight is 441 g/mol. The van der Waals surface area contributed by atoms with E-state index in [2.05, 4.69) is 44.6 Å². The zero-order chi connectivity index (χ0) is 13.3. The van der Waals surface area contributed by atoms with E-state index < -0.39 is 0 Å². The lowest BCUT2D eigenvalue weighted by Crippen LogP contribution is -2.38. The van der Waals surface area contributed by atoms with E-state index in [-0.39, 0.29) is 9.83 Å². The number of benzene rings is 1. The number of amides is 1. The third kappa shape index (κ3) is 2.75. The number of rotatable bonds is 2. The fourth-order valence-corrected chi connectivity index (χ4v) is 3.47. The van der Waals surface area contributed by atoms with E-state index in [9.17, 15) is 4.79 Å². The average Bonchev–Trinajstić information content (AvgIpc) is 2.33. The molecule has 1 aliphatic rings. The van der Waals surface area contributed by atoms with Crippen LogP contribution in [0, 0.1) is 0 Å². The summed E-state index contributed by atoms with van der Waals surface area (Å²) in [5.74, 6) is 0.178. The van der Waals surface area contributed by atoms with Gasteiger partial charge in [-0.2, -0.15) is 0 Å². The van der Waals surface area contributed by atoms with Gasteiger partial charge < -0.3 is 4.90 Å². The number of hydrogen-bond acceptors (Lipinski definition) is 1. The van der Waals surface area contributed by atoms with Gasteiger partial charge in [-0.25, -0.2) is 0 Å². The molecule has 0 bridgehead atoms. The van der Waals surface area contributed by atoms with Gasteiger partial charge in [0.1, 0.15) is 0 Å². The molecule has 5 heteroatoms. The highest BCUT2D eigenvalue weighted by atomic mass is 127. The molecule has 0 radical (unpaired) electrons. The van der Waals surface area contributed by atoms with Crippen molar-refractivity contribution in [2.24, 2.45) is 0 Å². The maximum atomic E-state index is 12.2. The quantitative estimate of drug-likeness (QED) is 0.490. The molecule has 0 N–H and O–H groups in total. The second-order valence-corrected chi connectivity index (χ2v) is 6.79. The summed E-state index contributed by atoms with van der Waals surface area (Å²) < 4.78 is 0.955. The van der Waals surface area contributed by atoms with Crippen LogP contribution in [0.5, 0.6) is 0 Å². The highest BCUT2D eigenvalue weighted by molar-refractivity contribution is 14.1. The standard InChI is InChI=1S/C13H12BrClINO/c1-2-17-12(6-5-11(16)13(17)18)9-4-3-8(15)7-10(9)14/h3-4,6-7,11H,2,5H2,1H3. The molecule has 2 rings (SSSR count). The summed E-state index contributed by atoms with van der Waals surface area (Å²) >= 11 is 11.7. The van der Waals surface area contributed by atoms with Crippen LogP contribution in [0.1, 0.15) is 18.9 Å². The van der Waals surface area contributed by atoms with Gasteiger partial charge in [0.15, 0.2) is 0 Å². The van der Waals surface area contributed by atoms with Gasteiger partial charge in [-0.1, -0.05) is 62.3 Å². The minimum absolute atomic E-state index is 0.0392. The molecule has 1 atom stereocenters. The fraction of sp³-hybridized carbons (Fsp3) is 0.308. The number of nitrogens with zero attached hydrogens (tertiary/aromatic N) is 1. The molecule has 1 unspecified atom stereocenters. The van der Waals surface area contributed by atoms with Crippen molar-refractivity contribution < 1.29 is 4.79 Å². The molecule has 1 heterocycles. The van der Waals surface area contributed by atoms with Crippen molar-refractivity contribution in [1.82, 2.24) is 4.90 Å². The zero-order valence-corrected chi connectivity index (χ0v) is 14.3. The number of halogens is 3. The predicted octanol–water partition coefficient (Wildman–Crippen LogP) is 4.50. The van der Waals surface area contributed by atoms with Gasteiger partial charge in [0.2, 0.25) is 5.91 Å². The van der Waals surface area contributed by atoms with Crippen LogP contribution in [0.3, 0.4) is 0 Å². The number of hydrogen-bond donors (Lipinski definition) is 0. The van der Waals surface area contributed by atoms with Gasteiger partial charge >= 0.3 is 0 Å². The lowest BCUT2D eigenvalue weighted by molar-refractivity contribution is -0.127. The predicted molar refractivity (Wildman–Crippen MR) is 86.9 cm³/mol. The minimum Gasteiger partial charge on any atom is -0.311 e. The van der Waals surface area contributed by atoms with E-state index in [0.29, 0.717) is 11.6 Å². The Morgan fingerprint density at radius 3 is 2.89 bits per heavy atom. The second-order valence-electron chi connectivity index (χ2n) is 4.00. The third-order valence-corrected chi connectivity index (χ3v) is 4.80. The van der Waals surface area contributed by atoms with Crippen LogP contribution < -0.4 is 0 Å². The summed E-state index contributed by atoms with van der Waals surface area (Å²) in [6.07, 6.45) is 2.90.